The van der Waals surface area contributed by atoms with Gasteiger partial charge in [0.25, 0.3) is 0 Å². The summed E-state index contributed by atoms with van der Waals surface area (Å²) in [5, 5.41) is 0. The minimum atomic E-state index is -0.474. The Morgan fingerprint density at radius 1 is 0.878 bits per heavy atom. The van der Waals surface area contributed by atoms with E-state index in [0.717, 1.165) is 25.9 Å². The highest BCUT2D eigenvalue weighted by Crippen LogP contribution is 2.76. The Morgan fingerprint density at radius 3 is 2.32 bits per heavy atom. The van der Waals surface area contributed by atoms with Crippen LogP contribution in [0.2, 0.25) is 0 Å². The second kappa shape index (κ2) is 9.19. The van der Waals surface area contributed by atoms with Crippen molar-refractivity contribution in [2.75, 3.05) is 6.61 Å². The maximum Gasteiger partial charge on any atom is 0.330 e. The Balaban J connectivity index is 1.36. The van der Waals surface area contributed by atoms with Crippen molar-refractivity contribution in [2.24, 2.45) is 50.2 Å². The molecule has 0 amide bonds. The highest BCUT2D eigenvalue weighted by molar-refractivity contribution is 5.82. The molecule has 0 aromatic carbocycles. The first-order chi connectivity index (χ1) is 18.9. The van der Waals surface area contributed by atoms with Crippen LogP contribution in [0.1, 0.15) is 127 Å². The molecule has 0 aromatic rings. The van der Waals surface area contributed by atoms with Crippen molar-refractivity contribution in [3.8, 4) is 0 Å². The highest BCUT2D eigenvalue weighted by Gasteiger charge is 2.70. The Kier molecular flexibility index (Phi) is 6.71. The normalized spacial score (nSPS) is 51.8. The largest absolute Gasteiger partial charge is 0.459 e. The van der Waals surface area contributed by atoms with E-state index < -0.39 is 5.79 Å². The van der Waals surface area contributed by atoms with Gasteiger partial charge in [0, 0.05) is 16.9 Å². The second-order valence-corrected chi connectivity index (χ2v) is 17.7. The average molecular weight is 567 g/mol. The van der Waals surface area contributed by atoms with Gasteiger partial charge in [0.15, 0.2) is 5.79 Å². The number of ether oxygens (including phenoxy) is 3. The molecule has 10 atom stereocenters. The van der Waals surface area contributed by atoms with Gasteiger partial charge < -0.3 is 14.2 Å². The van der Waals surface area contributed by atoms with Crippen molar-refractivity contribution >= 4 is 5.97 Å². The summed E-state index contributed by atoms with van der Waals surface area (Å²) in [6.45, 7) is 24.6. The van der Waals surface area contributed by atoms with Gasteiger partial charge in [0.05, 0.1) is 12.7 Å². The third-order valence-corrected chi connectivity index (χ3v) is 14.5. The van der Waals surface area contributed by atoms with Crippen molar-refractivity contribution < 1.29 is 19.0 Å². The van der Waals surface area contributed by atoms with Crippen LogP contribution in [0, 0.1) is 50.2 Å². The lowest BCUT2D eigenvalue weighted by Crippen LogP contribution is -2.68. The Hall–Kier alpha value is -1.13. The van der Waals surface area contributed by atoms with E-state index in [9.17, 15) is 4.79 Å². The predicted octanol–water partition coefficient (Wildman–Crippen LogP) is 9.04. The molecule has 4 nitrogen and oxygen atoms in total. The number of hydrogen-bond donors (Lipinski definition) is 0. The van der Waals surface area contributed by atoms with Crippen LogP contribution < -0.4 is 0 Å². The van der Waals surface area contributed by atoms with Gasteiger partial charge >= 0.3 is 5.97 Å². The van der Waals surface area contributed by atoms with Crippen LogP contribution >= 0.6 is 0 Å². The summed E-state index contributed by atoms with van der Waals surface area (Å²) in [6.07, 6.45) is 17.0. The van der Waals surface area contributed by atoms with Gasteiger partial charge in [-0.15, -0.1) is 0 Å². The molecular weight excluding hydrogens is 508 g/mol. The molecule has 0 aromatic heterocycles. The van der Waals surface area contributed by atoms with Crippen LogP contribution in [-0.4, -0.2) is 30.6 Å². The summed E-state index contributed by atoms with van der Waals surface area (Å²) in [6, 6.07) is 0. The lowest BCUT2D eigenvalue weighted by atomic mass is 9.33. The zero-order valence-corrected chi connectivity index (χ0v) is 27.8. The van der Waals surface area contributed by atoms with Crippen LogP contribution in [0.4, 0.5) is 0 Å². The first-order valence-corrected chi connectivity index (χ1v) is 16.8. The fourth-order valence-electron chi connectivity index (χ4n) is 12.0. The molecule has 4 heteroatoms. The van der Waals surface area contributed by atoms with E-state index in [4.69, 9.17) is 14.2 Å². The van der Waals surface area contributed by atoms with E-state index in [1.165, 1.54) is 38.5 Å². The van der Waals surface area contributed by atoms with Gasteiger partial charge in [-0.05, 0) is 118 Å². The zero-order valence-electron chi connectivity index (χ0n) is 27.8. The molecule has 1 saturated heterocycles. The van der Waals surface area contributed by atoms with Gasteiger partial charge in [-0.25, -0.2) is 4.79 Å². The lowest BCUT2D eigenvalue weighted by molar-refractivity contribution is -0.351. The van der Waals surface area contributed by atoms with E-state index in [1.54, 1.807) is 17.7 Å². The van der Waals surface area contributed by atoms with E-state index in [0.29, 0.717) is 23.9 Å². The third-order valence-electron chi connectivity index (χ3n) is 14.5. The van der Waals surface area contributed by atoms with Crippen molar-refractivity contribution in [1.82, 2.24) is 0 Å². The molecule has 6 rings (SSSR count). The number of esters is 1. The smallest absolute Gasteiger partial charge is 0.330 e. The number of allylic oxidation sites excluding steroid dienone is 3. The van der Waals surface area contributed by atoms with Crippen LogP contribution in [-0.2, 0) is 19.0 Å². The van der Waals surface area contributed by atoms with Crippen molar-refractivity contribution in [1.29, 1.82) is 0 Å². The minimum Gasteiger partial charge on any atom is -0.459 e. The molecule has 5 fully saturated rings. The number of hydrogen-bond acceptors (Lipinski definition) is 4. The fraction of sp³-hybridized carbons (Fsp3) is 0.865. The van der Waals surface area contributed by atoms with Crippen molar-refractivity contribution in [3.63, 3.8) is 0 Å². The van der Waals surface area contributed by atoms with E-state index in [-0.39, 0.29) is 44.6 Å². The molecule has 230 valence electrons. The average Bonchev–Trinajstić information content (AvgIpc) is 2.86. The summed E-state index contributed by atoms with van der Waals surface area (Å²) in [4.78, 5) is 12.7. The maximum absolute atomic E-state index is 12.7. The molecule has 6 aliphatic rings. The maximum atomic E-state index is 12.7. The zero-order chi connectivity index (χ0) is 29.9. The molecule has 1 unspecified atom stereocenters. The van der Waals surface area contributed by atoms with Gasteiger partial charge in [-0.2, -0.15) is 0 Å². The van der Waals surface area contributed by atoms with Gasteiger partial charge in [-0.1, -0.05) is 66.2 Å². The second-order valence-electron chi connectivity index (χ2n) is 17.7. The van der Waals surface area contributed by atoms with Crippen molar-refractivity contribution in [2.45, 2.75) is 145 Å². The molecule has 0 N–H and O–H groups in total. The number of rotatable bonds is 2. The molecule has 41 heavy (non-hydrogen) atoms. The van der Waals surface area contributed by atoms with E-state index in [2.05, 4.69) is 68.4 Å². The Morgan fingerprint density at radius 2 is 1.61 bits per heavy atom. The minimum absolute atomic E-state index is 0.00246. The molecule has 0 bridgehead atoms. The SMILES string of the molecule is CC=CC(=O)O[C@@H]1CC(C)(C)C[C@@H]2C3=CC[C@@H]4[C@@]5(C)CC[C@@H]6OC(C)(C)OC[C@@]6(C)C5CC[C@@]4(C)[C@]3(C)CC[C@]21C. The van der Waals surface area contributed by atoms with Gasteiger partial charge in [-0.3, -0.25) is 0 Å². The Bertz CT molecular complexity index is 1150. The summed E-state index contributed by atoms with van der Waals surface area (Å²) in [5.41, 5.74) is 2.66. The summed E-state index contributed by atoms with van der Waals surface area (Å²) >= 11 is 0. The topological polar surface area (TPSA) is 44.8 Å². The summed E-state index contributed by atoms with van der Waals surface area (Å²) < 4.78 is 19.2. The van der Waals surface area contributed by atoms with Crippen LogP contribution in [0.5, 0.6) is 0 Å². The molecule has 5 aliphatic carbocycles. The van der Waals surface area contributed by atoms with E-state index in [1.807, 2.05) is 6.92 Å². The molecule has 0 radical (unpaired) electrons. The van der Waals surface area contributed by atoms with Gasteiger partial charge in [0.1, 0.15) is 6.10 Å². The van der Waals surface area contributed by atoms with Crippen LogP contribution in [0.25, 0.3) is 0 Å². The van der Waals surface area contributed by atoms with Crippen LogP contribution in [0.15, 0.2) is 23.8 Å². The molecule has 4 saturated carbocycles. The first-order valence-electron chi connectivity index (χ1n) is 16.8. The number of fused-ring (bicyclic) bond motifs is 9. The van der Waals surface area contributed by atoms with Crippen LogP contribution in [0.3, 0.4) is 0 Å². The molecular formula is C37H58O4. The third kappa shape index (κ3) is 4.15. The lowest BCUT2D eigenvalue weighted by Gasteiger charge is -2.72. The fourth-order valence-corrected chi connectivity index (χ4v) is 12.0. The number of carbonyl (C=O) groups excluding carboxylic acids is 1. The Labute approximate surface area is 250 Å². The standard InChI is InChI=1S/C37H58O4/c1-11-12-30(38)40-29-22-31(2,3)21-25-24-13-14-27-34(7)17-16-28-35(8,23-39-32(4,5)41-28)26(34)15-18-37(27,10)36(24,9)20-19-33(25,29)6/h11-13,25-29H,14-23H2,1-10H3/t25-,26?,27-,28+,29-,33-,34+,35+,36-,37-/m1/s1. The highest BCUT2D eigenvalue weighted by atomic mass is 16.7. The quantitative estimate of drug-likeness (QED) is 0.190. The monoisotopic (exact) mass is 566 g/mol. The molecule has 1 aliphatic heterocycles. The number of carbonyl (C=O) groups is 1. The van der Waals surface area contributed by atoms with Gasteiger partial charge in [0.2, 0.25) is 0 Å². The first kappa shape index (κ1) is 29.9. The summed E-state index contributed by atoms with van der Waals surface area (Å²) in [7, 11) is 0. The summed E-state index contributed by atoms with van der Waals surface area (Å²) in [5.74, 6) is 1.10. The predicted molar refractivity (Wildman–Crippen MR) is 164 cm³/mol. The molecule has 0 spiro atoms. The van der Waals surface area contributed by atoms with Crippen molar-refractivity contribution in [3.05, 3.63) is 23.8 Å². The van der Waals surface area contributed by atoms with E-state index >= 15 is 0 Å². The molecule has 1 heterocycles.